The van der Waals surface area contributed by atoms with Crippen LogP contribution in [0.5, 0.6) is 0 Å². The first kappa shape index (κ1) is 23.1. The van der Waals surface area contributed by atoms with Crippen LogP contribution in [0.25, 0.3) is 0 Å². The van der Waals surface area contributed by atoms with Crippen LogP contribution in [0.4, 0.5) is 17.6 Å². The lowest BCUT2D eigenvalue weighted by Gasteiger charge is -2.23. The molecular formula is C15H21ClF4N2O3S. The summed E-state index contributed by atoms with van der Waals surface area (Å²) in [6.45, 7) is -0.455. The third kappa shape index (κ3) is 6.66. The zero-order valence-electron chi connectivity index (χ0n) is 13.8. The van der Waals surface area contributed by atoms with Crippen molar-refractivity contribution in [3.05, 3.63) is 29.8 Å². The minimum atomic E-state index is -4.24. The highest BCUT2D eigenvalue weighted by atomic mass is 35.5. The minimum absolute atomic E-state index is 0. The van der Waals surface area contributed by atoms with Crippen molar-refractivity contribution in [2.45, 2.75) is 42.7 Å². The molecule has 2 rings (SSSR count). The van der Waals surface area contributed by atoms with Crippen molar-refractivity contribution in [1.29, 1.82) is 0 Å². The second-order valence-corrected chi connectivity index (χ2v) is 7.58. The number of nitrogens with one attached hydrogen (secondary N) is 2. The van der Waals surface area contributed by atoms with Crippen LogP contribution >= 0.6 is 12.4 Å². The number of alkyl halides is 4. The van der Waals surface area contributed by atoms with E-state index in [4.69, 9.17) is 0 Å². The van der Waals surface area contributed by atoms with Crippen molar-refractivity contribution in [2.24, 2.45) is 0 Å². The lowest BCUT2D eigenvalue weighted by atomic mass is 10.1. The summed E-state index contributed by atoms with van der Waals surface area (Å²) in [7, 11) is -3.76. The summed E-state index contributed by atoms with van der Waals surface area (Å²) in [4.78, 5) is -0.0280. The maximum Gasteiger partial charge on any atom is 0.330 e. The summed E-state index contributed by atoms with van der Waals surface area (Å²) in [5.41, 5.74) is 0.301. The fraction of sp³-hybridized carbons (Fsp3) is 0.600. The van der Waals surface area contributed by atoms with Crippen LogP contribution in [0.15, 0.2) is 29.2 Å². The first-order valence-electron chi connectivity index (χ1n) is 7.76. The Morgan fingerprint density at radius 3 is 2.69 bits per heavy atom. The van der Waals surface area contributed by atoms with Crippen molar-refractivity contribution < 1.29 is 30.7 Å². The van der Waals surface area contributed by atoms with Gasteiger partial charge in [-0.15, -0.1) is 12.4 Å². The summed E-state index contributed by atoms with van der Waals surface area (Å²) in [5, 5.41) is 3.09. The van der Waals surface area contributed by atoms with Crippen LogP contribution in [0.3, 0.4) is 0 Å². The molecule has 5 nitrogen and oxygen atoms in total. The van der Waals surface area contributed by atoms with E-state index in [2.05, 4.69) is 14.8 Å². The van der Waals surface area contributed by atoms with Gasteiger partial charge in [0.05, 0.1) is 11.5 Å². The number of rotatable bonds is 8. The molecular weight excluding hydrogens is 400 g/mol. The fourth-order valence-electron chi connectivity index (χ4n) is 2.41. The SMILES string of the molecule is Cl.O=S(=O)(NC1CCCNC1)c1cccc(COCC(F)(F)C(F)F)c1. The van der Waals surface area contributed by atoms with Gasteiger partial charge in [0.15, 0.2) is 0 Å². The molecule has 1 aromatic carbocycles. The van der Waals surface area contributed by atoms with E-state index in [-0.39, 0.29) is 23.3 Å². The second-order valence-electron chi connectivity index (χ2n) is 5.87. The lowest BCUT2D eigenvalue weighted by Crippen LogP contribution is -2.45. The fourth-order valence-corrected chi connectivity index (χ4v) is 3.75. The molecule has 1 fully saturated rings. The van der Waals surface area contributed by atoms with Crippen molar-refractivity contribution in [3.63, 3.8) is 0 Å². The molecule has 1 saturated heterocycles. The quantitative estimate of drug-likeness (QED) is 0.634. The van der Waals surface area contributed by atoms with Crippen LogP contribution in [-0.2, 0) is 21.4 Å². The summed E-state index contributed by atoms with van der Waals surface area (Å²) in [6, 6.07) is 5.34. The van der Waals surface area contributed by atoms with E-state index in [1.54, 1.807) is 0 Å². The van der Waals surface area contributed by atoms with Crippen molar-refractivity contribution in [1.82, 2.24) is 10.0 Å². The number of halogens is 5. The van der Waals surface area contributed by atoms with E-state index in [0.29, 0.717) is 12.1 Å². The van der Waals surface area contributed by atoms with Crippen LogP contribution < -0.4 is 10.0 Å². The highest BCUT2D eigenvalue weighted by Gasteiger charge is 2.40. The molecule has 1 aliphatic rings. The van der Waals surface area contributed by atoms with Gasteiger partial charge < -0.3 is 10.1 Å². The number of hydrogen-bond donors (Lipinski definition) is 2. The van der Waals surface area contributed by atoms with Gasteiger partial charge in [-0.2, -0.15) is 8.78 Å². The van der Waals surface area contributed by atoms with E-state index in [1.807, 2.05) is 0 Å². The first-order valence-corrected chi connectivity index (χ1v) is 9.25. The Hall–Kier alpha value is -0.940. The highest BCUT2D eigenvalue weighted by Crippen LogP contribution is 2.23. The molecule has 1 aliphatic heterocycles. The van der Waals surface area contributed by atoms with Crippen LogP contribution in [-0.4, -0.2) is 46.5 Å². The Kier molecular flexibility index (Phi) is 8.74. The zero-order chi connectivity index (χ0) is 18.5. The van der Waals surface area contributed by atoms with E-state index >= 15 is 0 Å². The van der Waals surface area contributed by atoms with Gasteiger partial charge in [-0.1, -0.05) is 12.1 Å². The van der Waals surface area contributed by atoms with E-state index in [1.165, 1.54) is 24.3 Å². The predicted molar refractivity (Wildman–Crippen MR) is 90.5 cm³/mol. The Morgan fingerprint density at radius 2 is 2.08 bits per heavy atom. The van der Waals surface area contributed by atoms with Gasteiger partial charge in [-0.3, -0.25) is 0 Å². The molecule has 0 amide bonds. The lowest BCUT2D eigenvalue weighted by molar-refractivity contribution is -0.168. The molecule has 11 heteroatoms. The molecule has 1 heterocycles. The van der Waals surface area contributed by atoms with Crippen molar-refractivity contribution >= 4 is 22.4 Å². The average Bonchev–Trinajstić information content (AvgIpc) is 2.55. The molecule has 0 aromatic heterocycles. The Bertz CT molecular complexity index is 671. The minimum Gasteiger partial charge on any atom is -0.370 e. The van der Waals surface area contributed by atoms with Gasteiger partial charge in [0, 0.05) is 12.6 Å². The van der Waals surface area contributed by atoms with Crippen LogP contribution in [0, 0.1) is 0 Å². The van der Waals surface area contributed by atoms with E-state index in [9.17, 15) is 26.0 Å². The van der Waals surface area contributed by atoms with Gasteiger partial charge >= 0.3 is 12.3 Å². The molecule has 1 unspecified atom stereocenters. The molecule has 1 atom stereocenters. The molecule has 0 bridgehead atoms. The molecule has 0 radical (unpaired) electrons. The van der Waals surface area contributed by atoms with Gasteiger partial charge in [-0.25, -0.2) is 21.9 Å². The number of piperidine rings is 1. The predicted octanol–water partition coefficient (Wildman–Crippen LogP) is 2.56. The van der Waals surface area contributed by atoms with Gasteiger partial charge in [0.1, 0.15) is 6.61 Å². The maximum absolute atomic E-state index is 12.8. The van der Waals surface area contributed by atoms with Crippen molar-refractivity contribution in [2.75, 3.05) is 19.7 Å². The largest absolute Gasteiger partial charge is 0.370 e. The number of benzene rings is 1. The summed E-state index contributed by atoms with van der Waals surface area (Å²) in [6.07, 6.45) is -2.23. The smallest absolute Gasteiger partial charge is 0.330 e. The highest BCUT2D eigenvalue weighted by molar-refractivity contribution is 7.89. The number of ether oxygens (including phenoxy) is 1. The van der Waals surface area contributed by atoms with Gasteiger partial charge in [0.2, 0.25) is 10.0 Å². The molecule has 150 valence electrons. The van der Waals surface area contributed by atoms with E-state index in [0.717, 1.165) is 19.4 Å². The van der Waals surface area contributed by atoms with E-state index < -0.39 is 35.6 Å². The summed E-state index contributed by atoms with van der Waals surface area (Å²) in [5.74, 6) is -4.24. The van der Waals surface area contributed by atoms with Gasteiger partial charge in [-0.05, 0) is 37.1 Å². The monoisotopic (exact) mass is 420 g/mol. The molecule has 0 saturated carbocycles. The summed E-state index contributed by atoms with van der Waals surface area (Å²) < 4.78 is 81.6. The normalized spacial score (nSPS) is 18.6. The molecule has 1 aromatic rings. The zero-order valence-corrected chi connectivity index (χ0v) is 15.4. The average molecular weight is 421 g/mol. The Balaban J connectivity index is 0.00000338. The molecule has 26 heavy (non-hydrogen) atoms. The number of sulfonamides is 1. The van der Waals surface area contributed by atoms with Crippen molar-refractivity contribution in [3.8, 4) is 0 Å². The Morgan fingerprint density at radius 1 is 1.35 bits per heavy atom. The number of hydrogen-bond acceptors (Lipinski definition) is 4. The third-order valence-electron chi connectivity index (χ3n) is 3.71. The standard InChI is InChI=1S/C15H20F4N2O3S.ClH/c16-14(17)15(18,19)10-24-9-11-3-1-5-13(7-11)25(22,23)21-12-4-2-6-20-8-12;/h1,3,5,7,12,14,20-21H,2,4,6,8-10H2;1H. The molecule has 0 spiro atoms. The third-order valence-corrected chi connectivity index (χ3v) is 5.23. The van der Waals surface area contributed by atoms with Gasteiger partial charge in [0.25, 0.3) is 0 Å². The van der Waals surface area contributed by atoms with Crippen LogP contribution in [0.1, 0.15) is 18.4 Å². The summed E-state index contributed by atoms with van der Waals surface area (Å²) >= 11 is 0. The Labute approximate surface area is 155 Å². The molecule has 0 aliphatic carbocycles. The molecule has 2 N–H and O–H groups in total. The topological polar surface area (TPSA) is 67.4 Å². The van der Waals surface area contributed by atoms with Crippen LogP contribution in [0.2, 0.25) is 0 Å². The second kappa shape index (κ2) is 9.84. The first-order chi connectivity index (χ1) is 11.7. The maximum atomic E-state index is 12.8.